The molecule has 0 amide bonds. The number of carbonyl (C=O) groups is 1. The molecule has 0 aliphatic carbocycles. The van der Waals surface area contributed by atoms with Gasteiger partial charge in [-0.2, -0.15) is 0 Å². The molecule has 5 heteroatoms. The fourth-order valence-corrected chi connectivity index (χ4v) is 2.38. The lowest BCUT2D eigenvalue weighted by molar-refractivity contribution is 0.0174. The number of anilines is 1. The van der Waals surface area contributed by atoms with Crippen LogP contribution in [0.5, 0.6) is 0 Å². The Balaban J connectivity index is 2.05. The molecule has 1 saturated heterocycles. The quantitative estimate of drug-likeness (QED) is 0.738. The maximum atomic E-state index is 10.5. The number of hydrogen-bond donors (Lipinski definition) is 0. The van der Waals surface area contributed by atoms with Gasteiger partial charge in [0.15, 0.2) is 11.4 Å². The van der Waals surface area contributed by atoms with Gasteiger partial charge in [-0.25, -0.2) is 4.98 Å². The average Bonchev–Trinajstić information content (AvgIpc) is 2.78. The highest BCUT2D eigenvalue weighted by atomic mass is 32.1. The molecule has 1 aliphatic rings. The Kier molecular flexibility index (Phi) is 3.33. The molecule has 0 aromatic carbocycles. The molecule has 1 aromatic heterocycles. The highest BCUT2D eigenvalue weighted by molar-refractivity contribution is 7.17. The maximum absolute atomic E-state index is 10.5. The standard InChI is InChI=1S/C10H14N2O2S/c1-12(9-4-2-3-5-14-9)10-11-6-8(7-13)15-10/h6-7,9H,2-5H2,1H3. The summed E-state index contributed by atoms with van der Waals surface area (Å²) in [7, 11) is 1.96. The van der Waals surface area contributed by atoms with Crippen molar-refractivity contribution in [2.24, 2.45) is 0 Å². The number of aromatic nitrogens is 1. The van der Waals surface area contributed by atoms with Gasteiger partial charge in [-0.1, -0.05) is 11.3 Å². The lowest BCUT2D eigenvalue weighted by Gasteiger charge is -2.30. The predicted molar refractivity (Wildman–Crippen MR) is 59.5 cm³/mol. The molecule has 0 bridgehead atoms. The highest BCUT2D eigenvalue weighted by Crippen LogP contribution is 2.25. The van der Waals surface area contributed by atoms with Crippen LogP contribution in [0.4, 0.5) is 5.13 Å². The van der Waals surface area contributed by atoms with E-state index in [1.54, 1.807) is 6.20 Å². The van der Waals surface area contributed by atoms with Crippen LogP contribution < -0.4 is 4.90 Å². The zero-order chi connectivity index (χ0) is 10.7. The van der Waals surface area contributed by atoms with Crippen molar-refractivity contribution in [2.75, 3.05) is 18.6 Å². The van der Waals surface area contributed by atoms with Crippen LogP contribution in [-0.4, -0.2) is 31.2 Å². The lowest BCUT2D eigenvalue weighted by atomic mass is 10.2. The minimum atomic E-state index is 0.115. The number of ether oxygens (including phenoxy) is 1. The molecule has 2 heterocycles. The molecule has 1 aromatic rings. The number of aldehydes is 1. The fraction of sp³-hybridized carbons (Fsp3) is 0.600. The van der Waals surface area contributed by atoms with Crippen LogP contribution in [0.15, 0.2) is 6.20 Å². The Morgan fingerprint density at radius 2 is 2.53 bits per heavy atom. The molecular formula is C10H14N2O2S. The second kappa shape index (κ2) is 4.72. The molecule has 0 spiro atoms. The van der Waals surface area contributed by atoms with E-state index in [-0.39, 0.29) is 6.23 Å². The summed E-state index contributed by atoms with van der Waals surface area (Å²) in [4.78, 5) is 17.4. The van der Waals surface area contributed by atoms with Crippen LogP contribution in [-0.2, 0) is 4.74 Å². The summed E-state index contributed by atoms with van der Waals surface area (Å²) in [6, 6.07) is 0. The minimum Gasteiger partial charge on any atom is -0.358 e. The van der Waals surface area contributed by atoms with E-state index in [2.05, 4.69) is 4.98 Å². The SMILES string of the molecule is CN(c1ncc(C=O)s1)C1CCCCO1. The Bertz CT molecular complexity index is 334. The number of carbonyl (C=O) groups excluding carboxylic acids is 1. The van der Waals surface area contributed by atoms with Gasteiger partial charge in [0.05, 0.1) is 11.1 Å². The average molecular weight is 226 g/mol. The third-order valence-electron chi connectivity index (χ3n) is 2.52. The van der Waals surface area contributed by atoms with Crippen molar-refractivity contribution in [1.82, 2.24) is 4.98 Å². The summed E-state index contributed by atoms with van der Waals surface area (Å²) in [6.07, 6.45) is 5.92. The predicted octanol–water partition coefficient (Wildman–Crippen LogP) is 1.92. The van der Waals surface area contributed by atoms with Crippen molar-refractivity contribution in [3.63, 3.8) is 0 Å². The molecule has 1 atom stereocenters. The fourth-order valence-electron chi connectivity index (χ4n) is 1.65. The molecule has 4 nitrogen and oxygen atoms in total. The van der Waals surface area contributed by atoms with Crippen molar-refractivity contribution >= 4 is 22.8 Å². The van der Waals surface area contributed by atoms with Gasteiger partial charge < -0.3 is 9.64 Å². The second-order valence-electron chi connectivity index (χ2n) is 3.60. The monoisotopic (exact) mass is 226 g/mol. The second-order valence-corrected chi connectivity index (χ2v) is 4.64. The maximum Gasteiger partial charge on any atom is 0.187 e. The number of nitrogens with zero attached hydrogens (tertiary/aromatic N) is 2. The third-order valence-corrected chi connectivity index (χ3v) is 3.53. The summed E-state index contributed by atoms with van der Waals surface area (Å²) in [5, 5.41) is 0.851. The Morgan fingerprint density at radius 1 is 1.67 bits per heavy atom. The smallest absolute Gasteiger partial charge is 0.187 e. The topological polar surface area (TPSA) is 42.4 Å². The summed E-state index contributed by atoms with van der Waals surface area (Å²) in [6.45, 7) is 0.820. The van der Waals surface area contributed by atoms with Crippen LogP contribution in [0.3, 0.4) is 0 Å². The first kappa shape index (κ1) is 10.6. The highest BCUT2D eigenvalue weighted by Gasteiger charge is 2.20. The number of thiazole rings is 1. The Labute approximate surface area is 92.9 Å². The third kappa shape index (κ3) is 2.35. The van der Waals surface area contributed by atoms with E-state index < -0.39 is 0 Å². The van der Waals surface area contributed by atoms with Crippen molar-refractivity contribution in [3.8, 4) is 0 Å². The van der Waals surface area contributed by atoms with Gasteiger partial charge in [0.2, 0.25) is 0 Å². The summed E-state index contributed by atoms with van der Waals surface area (Å²) < 4.78 is 5.64. The molecule has 15 heavy (non-hydrogen) atoms. The van der Waals surface area contributed by atoms with Crippen LogP contribution in [0.2, 0.25) is 0 Å². The molecule has 82 valence electrons. The van der Waals surface area contributed by atoms with Gasteiger partial charge in [-0.05, 0) is 19.3 Å². The van der Waals surface area contributed by atoms with Crippen LogP contribution in [0.25, 0.3) is 0 Å². The summed E-state index contributed by atoms with van der Waals surface area (Å²) in [5.41, 5.74) is 0. The van der Waals surface area contributed by atoms with E-state index in [4.69, 9.17) is 4.74 Å². The molecule has 0 saturated carbocycles. The zero-order valence-electron chi connectivity index (χ0n) is 8.68. The summed E-state index contributed by atoms with van der Waals surface area (Å²) in [5.74, 6) is 0. The molecule has 1 unspecified atom stereocenters. The first-order chi connectivity index (χ1) is 7.31. The molecule has 1 fully saturated rings. The van der Waals surface area contributed by atoms with Gasteiger partial charge in [0.1, 0.15) is 6.23 Å². The van der Waals surface area contributed by atoms with Crippen molar-refractivity contribution in [3.05, 3.63) is 11.1 Å². The summed E-state index contributed by atoms with van der Waals surface area (Å²) >= 11 is 1.40. The zero-order valence-corrected chi connectivity index (χ0v) is 9.50. The van der Waals surface area contributed by atoms with E-state index in [0.29, 0.717) is 4.88 Å². The molecular weight excluding hydrogens is 212 g/mol. The van der Waals surface area contributed by atoms with Gasteiger partial charge in [0, 0.05) is 13.7 Å². The first-order valence-electron chi connectivity index (χ1n) is 5.06. The molecule has 0 N–H and O–H groups in total. The Morgan fingerprint density at radius 3 is 3.13 bits per heavy atom. The van der Waals surface area contributed by atoms with Crippen molar-refractivity contribution in [2.45, 2.75) is 25.5 Å². The minimum absolute atomic E-state index is 0.115. The van der Waals surface area contributed by atoms with E-state index in [1.165, 1.54) is 17.8 Å². The number of hydrogen-bond acceptors (Lipinski definition) is 5. The van der Waals surface area contributed by atoms with E-state index in [9.17, 15) is 4.79 Å². The number of rotatable bonds is 3. The first-order valence-corrected chi connectivity index (χ1v) is 5.88. The van der Waals surface area contributed by atoms with E-state index >= 15 is 0 Å². The Hall–Kier alpha value is -0.940. The van der Waals surface area contributed by atoms with Gasteiger partial charge in [0.25, 0.3) is 0 Å². The molecule has 0 radical (unpaired) electrons. The largest absolute Gasteiger partial charge is 0.358 e. The van der Waals surface area contributed by atoms with Crippen LogP contribution >= 0.6 is 11.3 Å². The van der Waals surface area contributed by atoms with Crippen LogP contribution in [0, 0.1) is 0 Å². The van der Waals surface area contributed by atoms with Gasteiger partial charge in [-0.15, -0.1) is 0 Å². The van der Waals surface area contributed by atoms with Crippen molar-refractivity contribution in [1.29, 1.82) is 0 Å². The lowest BCUT2D eigenvalue weighted by Crippen LogP contribution is -2.36. The van der Waals surface area contributed by atoms with Gasteiger partial charge in [-0.3, -0.25) is 4.79 Å². The van der Waals surface area contributed by atoms with Crippen LogP contribution in [0.1, 0.15) is 28.9 Å². The molecule has 2 rings (SSSR count). The van der Waals surface area contributed by atoms with Crippen molar-refractivity contribution < 1.29 is 9.53 Å². The normalized spacial score (nSPS) is 21.3. The van der Waals surface area contributed by atoms with Gasteiger partial charge >= 0.3 is 0 Å². The van der Waals surface area contributed by atoms with E-state index in [1.807, 2.05) is 11.9 Å². The van der Waals surface area contributed by atoms with E-state index in [0.717, 1.165) is 30.9 Å². The molecule has 1 aliphatic heterocycles.